The van der Waals surface area contributed by atoms with Crippen LogP contribution in [-0.4, -0.2) is 46.6 Å². The normalized spacial score (nSPS) is 11.6. The SMILES string of the molecule is C=CCOc1c(Br)cc([C@@H](C[N+](=O)[O-])Sc2nnc(C)n2-c2ccc(OC)cc2)cc1OCC. The lowest BCUT2D eigenvalue weighted by molar-refractivity contribution is -0.479. The first kappa shape index (κ1) is 25.6. The highest BCUT2D eigenvalue weighted by Crippen LogP contribution is 2.43. The van der Waals surface area contributed by atoms with E-state index < -0.39 is 5.25 Å². The Morgan fingerprint density at radius 1 is 1.26 bits per heavy atom. The monoisotopic (exact) mass is 548 g/mol. The molecule has 1 aromatic heterocycles. The molecule has 1 atom stereocenters. The zero-order valence-corrected chi connectivity index (χ0v) is 21.5. The molecular weight excluding hydrogens is 524 g/mol. The second-order valence-corrected chi connectivity index (χ2v) is 9.07. The van der Waals surface area contributed by atoms with Gasteiger partial charge in [0.15, 0.2) is 16.7 Å². The van der Waals surface area contributed by atoms with Crippen LogP contribution in [0.15, 0.2) is 58.7 Å². The van der Waals surface area contributed by atoms with Crippen LogP contribution >= 0.6 is 27.7 Å². The molecule has 0 radical (unpaired) electrons. The number of halogens is 1. The van der Waals surface area contributed by atoms with Crippen molar-refractivity contribution in [3.05, 3.63) is 75.0 Å². The van der Waals surface area contributed by atoms with Crippen molar-refractivity contribution in [2.24, 2.45) is 0 Å². The van der Waals surface area contributed by atoms with Crippen LogP contribution in [0.4, 0.5) is 0 Å². The van der Waals surface area contributed by atoms with Crippen molar-refractivity contribution in [3.63, 3.8) is 0 Å². The molecule has 0 N–H and O–H groups in total. The average Bonchev–Trinajstić information content (AvgIpc) is 3.17. The van der Waals surface area contributed by atoms with Crippen LogP contribution in [0.5, 0.6) is 17.2 Å². The molecular formula is C23H25BrN4O5S. The van der Waals surface area contributed by atoms with E-state index in [0.29, 0.717) is 45.7 Å². The lowest BCUT2D eigenvalue weighted by atomic mass is 10.1. The highest BCUT2D eigenvalue weighted by Gasteiger charge is 2.26. The molecule has 0 amide bonds. The number of rotatable bonds is 12. The van der Waals surface area contributed by atoms with E-state index in [1.807, 2.05) is 48.7 Å². The van der Waals surface area contributed by atoms with Gasteiger partial charge in [0.05, 0.1) is 18.2 Å². The van der Waals surface area contributed by atoms with E-state index >= 15 is 0 Å². The Hall–Kier alpha value is -3.05. The molecule has 0 saturated heterocycles. The fourth-order valence-corrected chi connectivity index (χ4v) is 4.97. The quantitative estimate of drug-likeness (QED) is 0.128. The minimum absolute atomic E-state index is 0.301. The minimum Gasteiger partial charge on any atom is -0.497 e. The molecule has 3 aromatic rings. The van der Waals surface area contributed by atoms with Gasteiger partial charge in [0.1, 0.15) is 23.4 Å². The number of ether oxygens (including phenoxy) is 3. The maximum Gasteiger partial charge on any atom is 0.220 e. The number of nitrogens with zero attached hydrogens (tertiary/aromatic N) is 4. The number of benzene rings is 2. The Morgan fingerprint density at radius 3 is 2.62 bits per heavy atom. The third kappa shape index (κ3) is 6.09. The first-order chi connectivity index (χ1) is 16.4. The van der Waals surface area contributed by atoms with E-state index in [1.165, 1.54) is 11.8 Å². The van der Waals surface area contributed by atoms with Gasteiger partial charge < -0.3 is 14.2 Å². The summed E-state index contributed by atoms with van der Waals surface area (Å²) >= 11 is 4.79. The van der Waals surface area contributed by atoms with Crippen molar-refractivity contribution < 1.29 is 19.1 Å². The third-order valence-corrected chi connectivity index (χ3v) is 6.51. The second-order valence-electron chi connectivity index (χ2n) is 7.05. The minimum atomic E-state index is -0.556. The lowest BCUT2D eigenvalue weighted by Crippen LogP contribution is -2.12. The predicted molar refractivity (Wildman–Crippen MR) is 134 cm³/mol. The van der Waals surface area contributed by atoms with Crippen molar-refractivity contribution in [1.29, 1.82) is 0 Å². The van der Waals surface area contributed by atoms with Crippen LogP contribution in [0.1, 0.15) is 23.6 Å². The molecule has 0 aliphatic carbocycles. The molecule has 0 bridgehead atoms. The molecule has 2 aromatic carbocycles. The van der Waals surface area contributed by atoms with Gasteiger partial charge in [-0.1, -0.05) is 24.4 Å². The molecule has 1 heterocycles. The molecule has 0 unspecified atom stereocenters. The Balaban J connectivity index is 2.01. The molecule has 3 rings (SSSR count). The van der Waals surface area contributed by atoms with Gasteiger partial charge in [-0.3, -0.25) is 14.7 Å². The largest absolute Gasteiger partial charge is 0.497 e. The van der Waals surface area contributed by atoms with Crippen LogP contribution in [0.3, 0.4) is 0 Å². The van der Waals surface area contributed by atoms with Crippen LogP contribution in [0.2, 0.25) is 0 Å². The summed E-state index contributed by atoms with van der Waals surface area (Å²) in [5.74, 6) is 2.40. The number of methoxy groups -OCH3 is 1. The number of hydrogen-bond acceptors (Lipinski definition) is 8. The first-order valence-corrected chi connectivity index (χ1v) is 12.1. The summed E-state index contributed by atoms with van der Waals surface area (Å²) in [5.41, 5.74) is 1.53. The summed E-state index contributed by atoms with van der Waals surface area (Å²) in [4.78, 5) is 11.2. The molecule has 180 valence electrons. The van der Waals surface area contributed by atoms with Gasteiger partial charge in [0, 0.05) is 10.6 Å². The van der Waals surface area contributed by atoms with Gasteiger partial charge in [-0.2, -0.15) is 0 Å². The van der Waals surface area contributed by atoms with Crippen molar-refractivity contribution in [2.45, 2.75) is 24.3 Å². The lowest BCUT2D eigenvalue weighted by Gasteiger charge is -2.18. The van der Waals surface area contributed by atoms with Crippen molar-refractivity contribution in [1.82, 2.24) is 14.8 Å². The molecule has 0 aliphatic rings. The van der Waals surface area contributed by atoms with E-state index in [-0.39, 0.29) is 11.5 Å². The van der Waals surface area contributed by atoms with Gasteiger partial charge in [-0.15, -0.1) is 10.2 Å². The number of thioether (sulfide) groups is 1. The maximum atomic E-state index is 11.6. The number of aryl methyl sites for hydroxylation is 1. The van der Waals surface area contributed by atoms with Crippen LogP contribution < -0.4 is 14.2 Å². The van der Waals surface area contributed by atoms with Crippen LogP contribution in [0, 0.1) is 17.0 Å². The van der Waals surface area contributed by atoms with Gasteiger partial charge >= 0.3 is 0 Å². The topological polar surface area (TPSA) is 102 Å². The van der Waals surface area contributed by atoms with Crippen LogP contribution in [-0.2, 0) is 0 Å². The van der Waals surface area contributed by atoms with Gasteiger partial charge in [0.2, 0.25) is 6.54 Å². The standard InChI is InChI=1S/C23H25BrN4O5S/c1-5-11-33-22-19(24)12-16(13-20(22)32-6-2)21(14-27(29)30)34-23-26-25-15(3)28(23)17-7-9-18(31-4)10-8-17/h5,7-10,12-13,21H,1,6,11,14H2,2-4H3/t21-/m1/s1. The van der Waals surface area contributed by atoms with E-state index in [9.17, 15) is 10.1 Å². The predicted octanol–water partition coefficient (Wildman–Crippen LogP) is 5.42. The first-order valence-electron chi connectivity index (χ1n) is 10.4. The number of hydrogen-bond donors (Lipinski definition) is 0. The van der Waals surface area contributed by atoms with E-state index in [4.69, 9.17) is 14.2 Å². The Labute approximate surface area is 210 Å². The highest BCUT2D eigenvalue weighted by atomic mass is 79.9. The zero-order valence-electron chi connectivity index (χ0n) is 19.1. The summed E-state index contributed by atoms with van der Waals surface area (Å²) < 4.78 is 19.2. The average molecular weight is 549 g/mol. The molecule has 11 heteroatoms. The van der Waals surface area contributed by atoms with E-state index in [1.54, 1.807) is 19.3 Å². The van der Waals surface area contributed by atoms with Crippen molar-refractivity contribution in [2.75, 3.05) is 26.9 Å². The molecule has 0 spiro atoms. The van der Waals surface area contributed by atoms with Gasteiger partial charge in [-0.25, -0.2) is 0 Å². The Kier molecular flexibility index (Phi) is 8.94. The summed E-state index contributed by atoms with van der Waals surface area (Å²) in [6.45, 7) is 7.77. The zero-order chi connectivity index (χ0) is 24.7. The number of nitro groups is 1. The Bertz CT molecular complexity index is 1150. The number of aromatic nitrogens is 3. The summed E-state index contributed by atoms with van der Waals surface area (Å²) in [5, 5.41) is 20.0. The highest BCUT2D eigenvalue weighted by molar-refractivity contribution is 9.10. The van der Waals surface area contributed by atoms with E-state index in [2.05, 4.69) is 32.7 Å². The summed E-state index contributed by atoms with van der Waals surface area (Å²) in [6, 6.07) is 11.0. The third-order valence-electron chi connectivity index (χ3n) is 4.74. The van der Waals surface area contributed by atoms with E-state index in [0.717, 1.165) is 11.4 Å². The fourth-order valence-electron chi connectivity index (χ4n) is 3.24. The van der Waals surface area contributed by atoms with Gasteiger partial charge in [-0.05, 0) is 71.7 Å². The summed E-state index contributed by atoms with van der Waals surface area (Å²) in [7, 11) is 1.60. The fraction of sp³-hybridized carbons (Fsp3) is 0.304. The van der Waals surface area contributed by atoms with Crippen molar-refractivity contribution in [3.8, 4) is 22.9 Å². The van der Waals surface area contributed by atoms with Gasteiger partial charge in [0.25, 0.3) is 0 Å². The molecule has 34 heavy (non-hydrogen) atoms. The Morgan fingerprint density at radius 2 is 2.00 bits per heavy atom. The van der Waals surface area contributed by atoms with Crippen molar-refractivity contribution >= 4 is 27.7 Å². The maximum absolute atomic E-state index is 11.6. The smallest absolute Gasteiger partial charge is 0.220 e. The molecule has 9 nitrogen and oxygen atoms in total. The summed E-state index contributed by atoms with van der Waals surface area (Å²) in [6.07, 6.45) is 1.63. The van der Waals surface area contributed by atoms with Crippen LogP contribution in [0.25, 0.3) is 5.69 Å². The molecule has 0 aliphatic heterocycles. The molecule has 0 fully saturated rings. The second kappa shape index (κ2) is 11.9. The molecule has 0 saturated carbocycles.